The van der Waals surface area contributed by atoms with Crippen molar-refractivity contribution in [1.82, 2.24) is 14.9 Å². The third kappa shape index (κ3) is 5.91. The number of carbonyl (C=O) groups excluding carboxylic acids is 3. The molecule has 33 heavy (non-hydrogen) atoms. The van der Waals surface area contributed by atoms with Gasteiger partial charge in [-0.3, -0.25) is 0 Å². The van der Waals surface area contributed by atoms with Crippen molar-refractivity contribution >= 4 is 28.0 Å². The molecule has 2 unspecified atom stereocenters. The van der Waals surface area contributed by atoms with Crippen LogP contribution in [0.4, 0.5) is 4.79 Å². The number of esters is 2. The van der Waals surface area contributed by atoms with E-state index < -0.39 is 28.0 Å². The van der Waals surface area contributed by atoms with Crippen molar-refractivity contribution in [3.63, 3.8) is 0 Å². The standard InChI is InChI=1S/C22H29N3O7S/c1-4-31-21(27)18-10-23-22(28)24-19(18)13-32-20(26)16-5-7-17(8-6-16)33(29,30)25-11-14(2)9-15(3)12-25/h5-8,14-15H,4,9-13H2,1-3H3,(H2,23,24,28). The predicted molar refractivity (Wildman–Crippen MR) is 119 cm³/mol. The van der Waals surface area contributed by atoms with Gasteiger partial charge >= 0.3 is 18.0 Å². The van der Waals surface area contributed by atoms with Crippen LogP contribution in [0, 0.1) is 11.8 Å². The van der Waals surface area contributed by atoms with Crippen molar-refractivity contribution in [2.24, 2.45) is 11.8 Å². The van der Waals surface area contributed by atoms with Crippen molar-refractivity contribution in [3.8, 4) is 0 Å². The summed E-state index contributed by atoms with van der Waals surface area (Å²) in [4.78, 5) is 36.2. The number of nitrogens with one attached hydrogen (secondary N) is 2. The number of hydrogen-bond acceptors (Lipinski definition) is 7. The SMILES string of the molecule is CCOC(=O)C1=C(COC(=O)c2ccc(S(=O)(=O)N3CC(C)CC(C)C3)cc2)NC(=O)NC1. The van der Waals surface area contributed by atoms with Gasteiger partial charge in [0.15, 0.2) is 0 Å². The molecule has 1 saturated heterocycles. The fraction of sp³-hybridized carbons (Fsp3) is 0.500. The van der Waals surface area contributed by atoms with Gasteiger partial charge in [0.25, 0.3) is 0 Å². The topological polar surface area (TPSA) is 131 Å². The lowest BCUT2D eigenvalue weighted by molar-refractivity contribution is -0.138. The second-order valence-electron chi connectivity index (χ2n) is 8.35. The van der Waals surface area contributed by atoms with Crippen molar-refractivity contribution in [2.45, 2.75) is 32.1 Å². The second kappa shape index (κ2) is 10.3. The van der Waals surface area contributed by atoms with Gasteiger partial charge in [0, 0.05) is 13.1 Å². The number of nitrogens with zero attached hydrogens (tertiary/aromatic N) is 1. The van der Waals surface area contributed by atoms with Crippen LogP contribution in [0.3, 0.4) is 0 Å². The summed E-state index contributed by atoms with van der Waals surface area (Å²) in [5.41, 5.74) is 0.446. The number of rotatable bonds is 7. The van der Waals surface area contributed by atoms with E-state index in [4.69, 9.17) is 9.47 Å². The van der Waals surface area contributed by atoms with Crippen molar-refractivity contribution < 1.29 is 32.3 Å². The average Bonchev–Trinajstić information content (AvgIpc) is 2.77. The smallest absolute Gasteiger partial charge is 0.338 e. The average molecular weight is 480 g/mol. The summed E-state index contributed by atoms with van der Waals surface area (Å²) < 4.78 is 37.7. The highest BCUT2D eigenvalue weighted by Gasteiger charge is 2.32. The first-order valence-corrected chi connectivity index (χ1v) is 12.3. The summed E-state index contributed by atoms with van der Waals surface area (Å²) in [6.45, 7) is 6.43. The minimum atomic E-state index is -3.66. The fourth-order valence-electron chi connectivity index (χ4n) is 4.00. The van der Waals surface area contributed by atoms with E-state index in [1.165, 1.54) is 28.6 Å². The molecule has 0 radical (unpaired) electrons. The zero-order valence-corrected chi connectivity index (χ0v) is 19.7. The van der Waals surface area contributed by atoms with Crippen LogP contribution >= 0.6 is 0 Å². The largest absolute Gasteiger partial charge is 0.463 e. The lowest BCUT2D eigenvalue weighted by Gasteiger charge is -2.34. The van der Waals surface area contributed by atoms with Gasteiger partial charge < -0.3 is 20.1 Å². The Morgan fingerprint density at radius 1 is 1.06 bits per heavy atom. The van der Waals surface area contributed by atoms with Crippen LogP contribution < -0.4 is 10.6 Å². The van der Waals surface area contributed by atoms with Crippen molar-refractivity contribution in [1.29, 1.82) is 0 Å². The molecule has 11 heteroatoms. The molecule has 2 N–H and O–H groups in total. The molecular formula is C22H29N3O7S. The minimum Gasteiger partial charge on any atom is -0.463 e. The second-order valence-corrected chi connectivity index (χ2v) is 10.3. The maximum atomic E-state index is 13.0. The maximum Gasteiger partial charge on any atom is 0.338 e. The third-order valence-electron chi connectivity index (χ3n) is 5.49. The van der Waals surface area contributed by atoms with E-state index in [0.717, 1.165) is 6.42 Å². The number of sulfonamides is 1. The molecule has 2 amide bonds. The molecule has 0 bridgehead atoms. The Balaban J connectivity index is 1.69. The molecule has 0 saturated carbocycles. The normalized spacial score (nSPS) is 21.7. The van der Waals surface area contributed by atoms with Crippen LogP contribution in [0.5, 0.6) is 0 Å². The molecule has 2 aliphatic rings. The number of carbonyl (C=O) groups is 3. The molecule has 2 aliphatic heterocycles. The molecule has 2 atom stereocenters. The van der Waals surface area contributed by atoms with Gasteiger partial charge in [-0.2, -0.15) is 4.31 Å². The Morgan fingerprint density at radius 3 is 2.30 bits per heavy atom. The van der Waals surface area contributed by atoms with E-state index in [2.05, 4.69) is 10.6 Å². The molecule has 3 rings (SSSR count). The molecule has 1 fully saturated rings. The Hall–Kier alpha value is -2.92. The molecule has 0 spiro atoms. The predicted octanol–water partition coefficient (Wildman–Crippen LogP) is 1.64. The van der Waals surface area contributed by atoms with Gasteiger partial charge in [-0.1, -0.05) is 13.8 Å². The molecule has 0 aliphatic carbocycles. The zero-order valence-electron chi connectivity index (χ0n) is 18.9. The molecule has 2 heterocycles. The van der Waals surface area contributed by atoms with E-state index >= 15 is 0 Å². The van der Waals surface area contributed by atoms with E-state index in [1.807, 2.05) is 13.8 Å². The minimum absolute atomic E-state index is 0.0438. The number of urea groups is 1. The highest BCUT2D eigenvalue weighted by molar-refractivity contribution is 7.89. The summed E-state index contributed by atoms with van der Waals surface area (Å²) in [5, 5.41) is 4.92. The van der Waals surface area contributed by atoms with Crippen LogP contribution in [0.1, 0.15) is 37.6 Å². The van der Waals surface area contributed by atoms with Gasteiger partial charge in [0.1, 0.15) is 6.61 Å². The first-order valence-electron chi connectivity index (χ1n) is 10.8. The van der Waals surface area contributed by atoms with Crippen molar-refractivity contribution in [3.05, 3.63) is 41.1 Å². The number of benzene rings is 1. The highest BCUT2D eigenvalue weighted by Crippen LogP contribution is 2.26. The van der Waals surface area contributed by atoms with Crippen LogP contribution in [0.25, 0.3) is 0 Å². The van der Waals surface area contributed by atoms with E-state index in [0.29, 0.717) is 13.1 Å². The van der Waals surface area contributed by atoms with Crippen LogP contribution in [-0.4, -0.2) is 63.5 Å². The number of ether oxygens (including phenoxy) is 2. The highest BCUT2D eigenvalue weighted by atomic mass is 32.2. The van der Waals surface area contributed by atoms with E-state index in [9.17, 15) is 22.8 Å². The van der Waals surface area contributed by atoms with Gasteiger partial charge in [-0.05, 0) is 49.4 Å². The monoisotopic (exact) mass is 479 g/mol. The molecule has 180 valence electrons. The lowest BCUT2D eigenvalue weighted by Crippen LogP contribution is -2.45. The Bertz CT molecular complexity index is 1040. The quantitative estimate of drug-likeness (QED) is 0.569. The van der Waals surface area contributed by atoms with Crippen LogP contribution in [-0.2, 0) is 24.3 Å². The van der Waals surface area contributed by atoms with Gasteiger partial charge in [-0.15, -0.1) is 0 Å². The summed E-state index contributed by atoms with van der Waals surface area (Å²) in [6, 6.07) is 5.00. The first-order chi connectivity index (χ1) is 15.6. The van der Waals surface area contributed by atoms with E-state index in [1.54, 1.807) is 6.92 Å². The first kappa shape index (κ1) is 24.7. The van der Waals surface area contributed by atoms with E-state index in [-0.39, 0.29) is 53.3 Å². The number of amides is 2. The molecular weight excluding hydrogens is 450 g/mol. The Kier molecular flexibility index (Phi) is 7.75. The Morgan fingerprint density at radius 2 is 1.70 bits per heavy atom. The van der Waals surface area contributed by atoms with Gasteiger partial charge in [0.2, 0.25) is 10.0 Å². The summed E-state index contributed by atoms with van der Waals surface area (Å²) in [6.07, 6.45) is 0.988. The molecule has 1 aromatic rings. The molecule has 1 aromatic carbocycles. The molecule has 10 nitrogen and oxygen atoms in total. The fourth-order valence-corrected chi connectivity index (χ4v) is 5.68. The van der Waals surface area contributed by atoms with Crippen LogP contribution in [0.2, 0.25) is 0 Å². The third-order valence-corrected chi connectivity index (χ3v) is 7.33. The summed E-state index contributed by atoms with van der Waals surface area (Å²) >= 11 is 0. The number of hydrogen-bond donors (Lipinski definition) is 2. The summed E-state index contributed by atoms with van der Waals surface area (Å²) in [7, 11) is -3.66. The van der Waals surface area contributed by atoms with Gasteiger partial charge in [0.05, 0.1) is 34.9 Å². The number of piperidine rings is 1. The maximum absolute atomic E-state index is 13.0. The van der Waals surface area contributed by atoms with Crippen LogP contribution in [0.15, 0.2) is 40.4 Å². The lowest BCUT2D eigenvalue weighted by atomic mass is 9.94. The molecule has 0 aromatic heterocycles. The van der Waals surface area contributed by atoms with Gasteiger partial charge in [-0.25, -0.2) is 22.8 Å². The Labute approximate surface area is 193 Å². The zero-order chi connectivity index (χ0) is 24.2. The van der Waals surface area contributed by atoms with Crippen molar-refractivity contribution in [2.75, 3.05) is 32.8 Å². The summed E-state index contributed by atoms with van der Waals surface area (Å²) in [5.74, 6) is -0.779.